The molecule has 0 atom stereocenters. The van der Waals surface area contributed by atoms with E-state index in [1.165, 1.54) is 38.3 Å². The van der Waals surface area contributed by atoms with Gasteiger partial charge in [0, 0.05) is 37.0 Å². The maximum Gasteiger partial charge on any atom is 0.276 e. The lowest BCUT2D eigenvalue weighted by molar-refractivity contribution is -0.385. The summed E-state index contributed by atoms with van der Waals surface area (Å²) in [6.45, 7) is 1.40. The van der Waals surface area contributed by atoms with E-state index in [4.69, 9.17) is 9.47 Å². The first-order valence-corrected chi connectivity index (χ1v) is 13.4. The Kier molecular flexibility index (Phi) is 8.71. The Bertz CT molecular complexity index is 1690. The van der Waals surface area contributed by atoms with Gasteiger partial charge in [-0.1, -0.05) is 0 Å². The van der Waals surface area contributed by atoms with Crippen LogP contribution in [0.15, 0.2) is 71.6 Å². The Morgan fingerprint density at radius 2 is 1.68 bits per heavy atom. The standard InChI is InChI=1S/C26H23F2N5O7S/c1-16-24(25(34)30-19-7-3-17(27)4-8-19)31-32(20-9-5-18(28)6-10-20)26(16)40-22-12-11-21(33(35)36)15-23(22)41(37,38)29-13-14-39-2/h3-12,15,29H,13-14H2,1-2H3,(H,30,34). The summed E-state index contributed by atoms with van der Waals surface area (Å²) in [6, 6.07) is 13.0. The second-order valence-corrected chi connectivity index (χ2v) is 10.2. The van der Waals surface area contributed by atoms with Gasteiger partial charge in [-0.15, -0.1) is 0 Å². The Morgan fingerprint density at radius 3 is 2.29 bits per heavy atom. The van der Waals surface area contributed by atoms with Gasteiger partial charge in [-0.2, -0.15) is 9.78 Å². The summed E-state index contributed by atoms with van der Waals surface area (Å²) >= 11 is 0. The van der Waals surface area contributed by atoms with Gasteiger partial charge < -0.3 is 14.8 Å². The first-order valence-electron chi connectivity index (χ1n) is 11.9. The molecule has 0 saturated heterocycles. The van der Waals surface area contributed by atoms with Crippen LogP contribution in [0.3, 0.4) is 0 Å². The molecule has 0 spiro atoms. The summed E-state index contributed by atoms with van der Waals surface area (Å²) in [5.41, 5.74) is 0.0455. The number of benzene rings is 3. The van der Waals surface area contributed by atoms with E-state index in [9.17, 15) is 32.1 Å². The number of carbonyl (C=O) groups excluding carboxylic acids is 1. The number of carbonyl (C=O) groups is 1. The van der Waals surface area contributed by atoms with E-state index >= 15 is 0 Å². The van der Waals surface area contributed by atoms with Crippen LogP contribution >= 0.6 is 0 Å². The first-order chi connectivity index (χ1) is 19.5. The molecular weight excluding hydrogens is 564 g/mol. The van der Waals surface area contributed by atoms with E-state index in [1.807, 2.05) is 0 Å². The normalized spacial score (nSPS) is 11.3. The molecule has 0 bridgehead atoms. The SMILES string of the molecule is COCCNS(=O)(=O)c1cc([N+](=O)[O-])ccc1Oc1c(C)c(C(=O)Nc2ccc(F)cc2)nn1-c1ccc(F)cc1. The second-order valence-electron chi connectivity index (χ2n) is 8.51. The van der Waals surface area contributed by atoms with Crippen molar-refractivity contribution in [3.63, 3.8) is 0 Å². The van der Waals surface area contributed by atoms with Gasteiger partial charge in [-0.25, -0.2) is 21.9 Å². The number of nitro groups is 1. The minimum Gasteiger partial charge on any atom is -0.437 e. The topological polar surface area (TPSA) is 155 Å². The third-order valence-corrected chi connectivity index (χ3v) is 7.17. The Labute approximate surface area is 232 Å². The highest BCUT2D eigenvalue weighted by molar-refractivity contribution is 7.89. The van der Waals surface area contributed by atoms with Crippen molar-refractivity contribution in [3.8, 4) is 17.3 Å². The van der Waals surface area contributed by atoms with E-state index in [2.05, 4.69) is 15.1 Å². The average molecular weight is 588 g/mol. The zero-order valence-electron chi connectivity index (χ0n) is 21.6. The van der Waals surface area contributed by atoms with Gasteiger partial charge in [0.05, 0.1) is 17.2 Å². The summed E-state index contributed by atoms with van der Waals surface area (Å²) < 4.78 is 67.4. The lowest BCUT2D eigenvalue weighted by Crippen LogP contribution is -2.27. The summed E-state index contributed by atoms with van der Waals surface area (Å²) in [4.78, 5) is 23.2. The van der Waals surface area contributed by atoms with E-state index in [-0.39, 0.29) is 47.4 Å². The molecule has 2 N–H and O–H groups in total. The number of non-ortho nitro benzene ring substituents is 1. The van der Waals surface area contributed by atoms with Gasteiger partial charge in [0.15, 0.2) is 5.69 Å². The number of anilines is 1. The molecular formula is C26H23F2N5O7S. The predicted octanol–water partition coefficient (Wildman–Crippen LogP) is 4.34. The quantitative estimate of drug-likeness (QED) is 0.149. The number of hydrogen-bond donors (Lipinski definition) is 2. The molecule has 214 valence electrons. The number of ether oxygens (including phenoxy) is 2. The Hall–Kier alpha value is -4.73. The number of sulfonamides is 1. The molecule has 0 aliphatic heterocycles. The maximum absolute atomic E-state index is 13.7. The van der Waals surface area contributed by atoms with Crippen molar-refractivity contribution in [2.24, 2.45) is 0 Å². The van der Waals surface area contributed by atoms with Gasteiger partial charge >= 0.3 is 0 Å². The molecule has 41 heavy (non-hydrogen) atoms. The molecule has 0 aliphatic carbocycles. The van der Waals surface area contributed by atoms with Gasteiger partial charge in [-0.05, 0) is 61.5 Å². The fourth-order valence-corrected chi connectivity index (χ4v) is 4.82. The molecule has 0 aliphatic rings. The van der Waals surface area contributed by atoms with Gasteiger partial charge in [0.1, 0.15) is 22.3 Å². The van der Waals surface area contributed by atoms with Gasteiger partial charge in [0.2, 0.25) is 15.9 Å². The summed E-state index contributed by atoms with van der Waals surface area (Å²) in [5.74, 6) is -2.17. The number of halogens is 2. The second kappa shape index (κ2) is 12.2. The minimum atomic E-state index is -4.34. The number of methoxy groups -OCH3 is 1. The molecule has 0 radical (unpaired) electrons. The van der Waals surface area contributed by atoms with Gasteiger partial charge in [-0.3, -0.25) is 14.9 Å². The number of hydrogen-bond acceptors (Lipinski definition) is 8. The molecule has 1 heterocycles. The van der Waals surface area contributed by atoms with Crippen molar-refractivity contribution < 1.29 is 36.4 Å². The highest BCUT2D eigenvalue weighted by Gasteiger charge is 2.28. The highest BCUT2D eigenvalue weighted by atomic mass is 32.2. The number of nitro benzene ring substituents is 1. The number of aromatic nitrogens is 2. The highest BCUT2D eigenvalue weighted by Crippen LogP contribution is 2.36. The van der Waals surface area contributed by atoms with Crippen LogP contribution in [0.4, 0.5) is 20.2 Å². The molecule has 4 aromatic rings. The molecule has 4 rings (SSSR count). The fraction of sp³-hybridized carbons (Fsp3) is 0.154. The average Bonchev–Trinajstić information content (AvgIpc) is 3.26. The van der Waals surface area contributed by atoms with Gasteiger partial charge in [0.25, 0.3) is 11.6 Å². The first kappa shape index (κ1) is 29.3. The molecule has 0 unspecified atom stereocenters. The smallest absolute Gasteiger partial charge is 0.276 e. The largest absolute Gasteiger partial charge is 0.437 e. The zero-order valence-corrected chi connectivity index (χ0v) is 22.4. The number of nitrogens with one attached hydrogen (secondary N) is 2. The van der Waals surface area contributed by atoms with Crippen LogP contribution in [-0.2, 0) is 14.8 Å². The van der Waals surface area contributed by atoms with Crippen LogP contribution in [0.25, 0.3) is 5.69 Å². The lowest BCUT2D eigenvalue weighted by atomic mass is 10.2. The molecule has 1 aromatic heterocycles. The van der Waals surface area contributed by atoms with E-state index in [1.54, 1.807) is 0 Å². The Morgan fingerprint density at radius 1 is 1.05 bits per heavy atom. The van der Waals surface area contributed by atoms with E-state index < -0.39 is 43.1 Å². The van der Waals surface area contributed by atoms with Crippen molar-refractivity contribution in [1.82, 2.24) is 14.5 Å². The fourth-order valence-electron chi connectivity index (χ4n) is 3.66. The number of nitrogens with zero attached hydrogens (tertiary/aromatic N) is 3. The van der Waals surface area contributed by atoms with Crippen molar-refractivity contribution in [2.75, 3.05) is 25.6 Å². The number of rotatable bonds is 11. The lowest BCUT2D eigenvalue weighted by Gasteiger charge is -2.14. The Balaban J connectivity index is 1.81. The van der Waals surface area contributed by atoms with Crippen molar-refractivity contribution >= 4 is 27.3 Å². The summed E-state index contributed by atoms with van der Waals surface area (Å²) in [5, 5.41) is 18.3. The minimum absolute atomic E-state index is 0.0350. The maximum atomic E-state index is 13.7. The van der Waals surface area contributed by atoms with E-state index in [0.717, 1.165) is 47.1 Å². The monoisotopic (exact) mass is 587 g/mol. The molecule has 3 aromatic carbocycles. The van der Waals surface area contributed by atoms with Crippen LogP contribution in [0.1, 0.15) is 16.1 Å². The van der Waals surface area contributed by atoms with E-state index in [0.29, 0.717) is 0 Å². The predicted molar refractivity (Wildman–Crippen MR) is 143 cm³/mol. The third-order valence-electron chi connectivity index (χ3n) is 5.69. The van der Waals surface area contributed by atoms with Crippen molar-refractivity contribution in [2.45, 2.75) is 11.8 Å². The molecule has 1 amide bonds. The summed E-state index contributed by atoms with van der Waals surface area (Å²) in [6.07, 6.45) is 0. The molecule has 15 heteroatoms. The molecule has 0 saturated carbocycles. The molecule has 12 nitrogen and oxygen atoms in total. The van der Waals surface area contributed by atoms with Crippen LogP contribution in [0, 0.1) is 28.7 Å². The number of amides is 1. The van der Waals surface area contributed by atoms with Crippen LogP contribution in [0.5, 0.6) is 11.6 Å². The van der Waals surface area contributed by atoms with Crippen molar-refractivity contribution in [1.29, 1.82) is 0 Å². The van der Waals surface area contributed by atoms with Crippen LogP contribution < -0.4 is 14.8 Å². The molecule has 0 fully saturated rings. The summed E-state index contributed by atoms with van der Waals surface area (Å²) in [7, 11) is -2.96. The van der Waals surface area contributed by atoms with Crippen LogP contribution in [-0.4, -0.2) is 49.3 Å². The zero-order chi connectivity index (χ0) is 29.7. The van der Waals surface area contributed by atoms with Crippen molar-refractivity contribution in [3.05, 3.63) is 99.7 Å². The van der Waals surface area contributed by atoms with Crippen LogP contribution in [0.2, 0.25) is 0 Å². The third kappa shape index (κ3) is 6.71.